The lowest BCUT2D eigenvalue weighted by atomic mass is 10.0. The molecular formula is C21H21F5N4O. The summed E-state index contributed by atoms with van der Waals surface area (Å²) in [5, 5.41) is 6.27. The van der Waals surface area contributed by atoms with Crippen LogP contribution in [0, 0.1) is 11.6 Å². The molecule has 0 spiro atoms. The van der Waals surface area contributed by atoms with Crippen molar-refractivity contribution >= 4 is 22.9 Å². The molecule has 0 saturated carbocycles. The van der Waals surface area contributed by atoms with Crippen molar-refractivity contribution in [2.75, 3.05) is 38.7 Å². The van der Waals surface area contributed by atoms with E-state index in [9.17, 15) is 22.0 Å². The third-order valence-corrected chi connectivity index (χ3v) is 5.35. The normalized spacial score (nSPS) is 18.6. The zero-order valence-corrected chi connectivity index (χ0v) is 16.7. The highest BCUT2D eigenvalue weighted by atomic mass is 19.4. The first kappa shape index (κ1) is 21.5. The Morgan fingerprint density at radius 2 is 1.90 bits per heavy atom. The summed E-state index contributed by atoms with van der Waals surface area (Å²) >= 11 is 0. The van der Waals surface area contributed by atoms with E-state index in [1.165, 1.54) is 6.07 Å². The summed E-state index contributed by atoms with van der Waals surface area (Å²) in [7, 11) is 1.60. The van der Waals surface area contributed by atoms with Gasteiger partial charge in [0.05, 0.1) is 16.9 Å². The SMILES string of the molecule is COCC[C@H]1CN(C2=Nc3cc(F)c(F)cc3Nc3ccc(C(F)(F)F)cc32)CCN1. The van der Waals surface area contributed by atoms with Gasteiger partial charge in [0.2, 0.25) is 0 Å². The Labute approximate surface area is 175 Å². The molecule has 0 unspecified atom stereocenters. The van der Waals surface area contributed by atoms with E-state index >= 15 is 0 Å². The predicted octanol–water partition coefficient (Wildman–Crippen LogP) is 4.43. The van der Waals surface area contributed by atoms with Gasteiger partial charge >= 0.3 is 6.18 Å². The third-order valence-electron chi connectivity index (χ3n) is 5.35. The fourth-order valence-electron chi connectivity index (χ4n) is 3.78. The topological polar surface area (TPSA) is 48.9 Å². The summed E-state index contributed by atoms with van der Waals surface area (Å²) in [5.41, 5.74) is 0.0319. The van der Waals surface area contributed by atoms with E-state index in [0.717, 1.165) is 24.3 Å². The Morgan fingerprint density at radius 1 is 1.13 bits per heavy atom. The van der Waals surface area contributed by atoms with E-state index < -0.39 is 23.4 Å². The maximum atomic E-state index is 13.9. The number of alkyl halides is 3. The molecule has 1 atom stereocenters. The highest BCUT2D eigenvalue weighted by Gasteiger charge is 2.33. The van der Waals surface area contributed by atoms with Gasteiger partial charge in [-0.25, -0.2) is 13.8 Å². The summed E-state index contributed by atoms with van der Waals surface area (Å²) < 4.78 is 73.0. The Kier molecular flexibility index (Phi) is 5.85. The maximum absolute atomic E-state index is 13.9. The second kappa shape index (κ2) is 8.43. The molecule has 0 bridgehead atoms. The molecule has 10 heteroatoms. The summed E-state index contributed by atoms with van der Waals surface area (Å²) in [5.74, 6) is -1.87. The fourth-order valence-corrected chi connectivity index (χ4v) is 3.78. The van der Waals surface area contributed by atoms with Gasteiger partial charge in [-0.15, -0.1) is 0 Å². The van der Waals surface area contributed by atoms with Crippen molar-refractivity contribution in [3.05, 3.63) is 53.1 Å². The van der Waals surface area contributed by atoms with E-state index in [1.54, 1.807) is 7.11 Å². The van der Waals surface area contributed by atoms with Crippen molar-refractivity contribution < 1.29 is 26.7 Å². The molecule has 1 saturated heterocycles. The first-order valence-electron chi connectivity index (χ1n) is 9.80. The van der Waals surface area contributed by atoms with E-state index in [0.29, 0.717) is 38.3 Å². The molecule has 1 fully saturated rings. The highest BCUT2D eigenvalue weighted by molar-refractivity contribution is 6.08. The average Bonchev–Trinajstić information content (AvgIpc) is 2.88. The predicted molar refractivity (Wildman–Crippen MR) is 107 cm³/mol. The van der Waals surface area contributed by atoms with Crippen LogP contribution in [0.3, 0.4) is 0 Å². The van der Waals surface area contributed by atoms with Crippen LogP contribution in [0.25, 0.3) is 0 Å². The molecule has 4 rings (SSSR count). The van der Waals surface area contributed by atoms with E-state index in [1.807, 2.05) is 4.90 Å². The van der Waals surface area contributed by atoms with Crippen molar-refractivity contribution in [3.8, 4) is 0 Å². The van der Waals surface area contributed by atoms with Gasteiger partial charge in [-0.05, 0) is 24.6 Å². The number of anilines is 2. The zero-order chi connectivity index (χ0) is 22.2. The van der Waals surface area contributed by atoms with Gasteiger partial charge in [-0.2, -0.15) is 13.2 Å². The number of benzene rings is 2. The van der Waals surface area contributed by atoms with E-state index in [2.05, 4.69) is 15.6 Å². The fraction of sp³-hybridized carbons (Fsp3) is 0.381. The van der Waals surface area contributed by atoms with Crippen LogP contribution in [0.1, 0.15) is 17.5 Å². The number of fused-ring (bicyclic) bond motifs is 2. The van der Waals surface area contributed by atoms with Crippen LogP contribution in [0.4, 0.5) is 39.0 Å². The number of hydrogen-bond donors (Lipinski definition) is 2. The van der Waals surface area contributed by atoms with Crippen molar-refractivity contribution in [1.29, 1.82) is 0 Å². The number of hydrogen-bond acceptors (Lipinski definition) is 5. The summed E-state index contributed by atoms with van der Waals surface area (Å²) in [6, 6.07) is 5.20. The Balaban J connectivity index is 1.81. The van der Waals surface area contributed by atoms with Gasteiger partial charge in [0.1, 0.15) is 5.84 Å². The number of methoxy groups -OCH3 is 1. The molecule has 2 aromatic rings. The Morgan fingerprint density at radius 3 is 2.65 bits per heavy atom. The van der Waals surface area contributed by atoms with E-state index in [-0.39, 0.29) is 28.8 Å². The van der Waals surface area contributed by atoms with Crippen LogP contribution in [-0.4, -0.2) is 50.1 Å². The Hall–Kier alpha value is -2.72. The number of aliphatic imine (C=N–C) groups is 1. The van der Waals surface area contributed by atoms with Gasteiger partial charge < -0.3 is 20.3 Å². The second-order valence-electron chi connectivity index (χ2n) is 7.48. The number of nitrogens with one attached hydrogen (secondary N) is 2. The molecule has 166 valence electrons. The minimum Gasteiger partial charge on any atom is -0.385 e. The molecule has 2 N–H and O–H groups in total. The first-order valence-corrected chi connectivity index (χ1v) is 9.80. The largest absolute Gasteiger partial charge is 0.416 e. The number of ether oxygens (including phenoxy) is 1. The quantitative estimate of drug-likeness (QED) is 0.694. The van der Waals surface area contributed by atoms with Crippen LogP contribution in [-0.2, 0) is 10.9 Å². The van der Waals surface area contributed by atoms with Crippen molar-refractivity contribution in [1.82, 2.24) is 10.2 Å². The number of piperazine rings is 1. The molecule has 2 aromatic carbocycles. The molecule has 0 radical (unpaired) electrons. The summed E-state index contributed by atoms with van der Waals surface area (Å²) in [6.07, 6.45) is -3.83. The zero-order valence-electron chi connectivity index (χ0n) is 16.7. The standard InChI is InChI=1S/C21H21F5N4O/c1-31-7-4-13-11-30(6-5-27-13)20-14-8-12(21(24,25)26)2-3-17(14)28-18-9-15(22)16(23)10-19(18)29-20/h2-3,8-10,13,27-28H,4-7,11H2,1H3/t13-/m0/s1. The molecule has 0 aliphatic carbocycles. The Bertz CT molecular complexity index is 1010. The van der Waals surface area contributed by atoms with Gasteiger partial charge in [0, 0.05) is 62.8 Å². The monoisotopic (exact) mass is 440 g/mol. The highest BCUT2D eigenvalue weighted by Crippen LogP contribution is 2.39. The van der Waals surface area contributed by atoms with Crippen LogP contribution < -0.4 is 10.6 Å². The van der Waals surface area contributed by atoms with Crippen molar-refractivity contribution in [3.63, 3.8) is 0 Å². The van der Waals surface area contributed by atoms with Crippen LogP contribution >= 0.6 is 0 Å². The number of nitrogens with zero attached hydrogens (tertiary/aromatic N) is 2. The van der Waals surface area contributed by atoms with Crippen LogP contribution in [0.15, 0.2) is 35.3 Å². The lowest BCUT2D eigenvalue weighted by molar-refractivity contribution is -0.137. The van der Waals surface area contributed by atoms with E-state index in [4.69, 9.17) is 4.74 Å². The van der Waals surface area contributed by atoms with Gasteiger partial charge in [0.15, 0.2) is 11.6 Å². The summed E-state index contributed by atoms with van der Waals surface area (Å²) in [6.45, 7) is 2.11. The minimum absolute atomic E-state index is 0.0475. The molecule has 2 heterocycles. The number of halogens is 5. The van der Waals surface area contributed by atoms with Crippen LogP contribution in [0.5, 0.6) is 0 Å². The molecule has 5 nitrogen and oxygen atoms in total. The summed E-state index contributed by atoms with van der Waals surface area (Å²) in [4.78, 5) is 6.36. The van der Waals surface area contributed by atoms with Gasteiger partial charge in [0.25, 0.3) is 0 Å². The van der Waals surface area contributed by atoms with Crippen molar-refractivity contribution in [2.45, 2.75) is 18.6 Å². The molecule has 2 aliphatic rings. The molecule has 0 amide bonds. The lowest BCUT2D eigenvalue weighted by Crippen LogP contribution is -2.53. The van der Waals surface area contributed by atoms with Crippen LogP contribution in [0.2, 0.25) is 0 Å². The second-order valence-corrected chi connectivity index (χ2v) is 7.48. The molecule has 2 aliphatic heterocycles. The molecule has 0 aromatic heterocycles. The number of amidine groups is 1. The maximum Gasteiger partial charge on any atom is 0.416 e. The lowest BCUT2D eigenvalue weighted by Gasteiger charge is -2.36. The molecular weight excluding hydrogens is 419 g/mol. The van der Waals surface area contributed by atoms with Gasteiger partial charge in [-0.1, -0.05) is 0 Å². The smallest absolute Gasteiger partial charge is 0.385 e. The first-order chi connectivity index (χ1) is 14.8. The minimum atomic E-state index is -4.54. The van der Waals surface area contributed by atoms with Crippen molar-refractivity contribution in [2.24, 2.45) is 4.99 Å². The average molecular weight is 440 g/mol. The molecule has 31 heavy (non-hydrogen) atoms. The number of rotatable bonds is 3. The van der Waals surface area contributed by atoms with Gasteiger partial charge in [-0.3, -0.25) is 0 Å². The third kappa shape index (κ3) is 4.49.